The fourth-order valence-electron chi connectivity index (χ4n) is 1.18. The van der Waals surface area contributed by atoms with Crippen LogP contribution in [0.2, 0.25) is 0 Å². The van der Waals surface area contributed by atoms with Gasteiger partial charge in [-0.2, -0.15) is 0 Å². The molecule has 0 radical (unpaired) electrons. The minimum Gasteiger partial charge on any atom is -0.352 e. The number of primary amides is 1. The number of carbonyl (C=O) groups is 1. The van der Waals surface area contributed by atoms with E-state index >= 15 is 0 Å². The van der Waals surface area contributed by atoms with Crippen molar-refractivity contribution in [3.8, 4) is 0 Å². The largest absolute Gasteiger partial charge is 0.352 e. The Morgan fingerprint density at radius 2 is 2.09 bits per heavy atom. The van der Waals surface area contributed by atoms with Gasteiger partial charge in [-0.1, -0.05) is 20.3 Å². The molecule has 11 heavy (non-hydrogen) atoms. The Labute approximate surface area is 68.3 Å². The van der Waals surface area contributed by atoms with Crippen LogP contribution < -0.4 is 11.1 Å². The zero-order valence-corrected chi connectivity index (χ0v) is 7.61. The number of nitrogens with one attached hydrogen (secondary N) is 1. The molecule has 66 valence electrons. The van der Waals surface area contributed by atoms with Gasteiger partial charge in [0.2, 0.25) is 0 Å². The number of rotatable bonds is 4. The van der Waals surface area contributed by atoms with E-state index in [0.717, 1.165) is 19.3 Å². The molecule has 0 spiro atoms. The van der Waals surface area contributed by atoms with Crippen molar-refractivity contribution in [2.75, 3.05) is 0 Å². The highest BCUT2D eigenvalue weighted by Crippen LogP contribution is 2.15. The summed E-state index contributed by atoms with van der Waals surface area (Å²) in [7, 11) is 0. The molecule has 0 aliphatic heterocycles. The van der Waals surface area contributed by atoms with E-state index in [4.69, 9.17) is 5.73 Å². The summed E-state index contributed by atoms with van der Waals surface area (Å²) in [4.78, 5) is 10.6. The Hall–Kier alpha value is -0.730. The van der Waals surface area contributed by atoms with Crippen molar-refractivity contribution in [1.82, 2.24) is 5.32 Å². The van der Waals surface area contributed by atoms with E-state index in [1.165, 1.54) is 0 Å². The first-order valence-electron chi connectivity index (χ1n) is 4.11. The normalized spacial score (nSPS) is 15.5. The van der Waals surface area contributed by atoms with E-state index in [2.05, 4.69) is 12.2 Å². The highest BCUT2D eigenvalue weighted by molar-refractivity contribution is 5.72. The molecule has 0 aliphatic carbocycles. The van der Waals surface area contributed by atoms with Crippen molar-refractivity contribution in [2.45, 2.75) is 45.6 Å². The van der Waals surface area contributed by atoms with Gasteiger partial charge in [-0.25, -0.2) is 4.79 Å². The van der Waals surface area contributed by atoms with Gasteiger partial charge in [0.1, 0.15) is 0 Å². The summed E-state index contributed by atoms with van der Waals surface area (Å²) in [6.07, 6.45) is 2.96. The van der Waals surface area contributed by atoms with Crippen LogP contribution in [0.25, 0.3) is 0 Å². The zero-order chi connectivity index (χ0) is 8.91. The van der Waals surface area contributed by atoms with Gasteiger partial charge >= 0.3 is 6.03 Å². The van der Waals surface area contributed by atoms with Crippen LogP contribution in [0.3, 0.4) is 0 Å². The Morgan fingerprint density at radius 1 is 1.55 bits per heavy atom. The van der Waals surface area contributed by atoms with Crippen molar-refractivity contribution in [1.29, 1.82) is 0 Å². The van der Waals surface area contributed by atoms with Crippen molar-refractivity contribution in [2.24, 2.45) is 5.73 Å². The van der Waals surface area contributed by atoms with Gasteiger partial charge in [0.25, 0.3) is 0 Å². The molecule has 0 aromatic rings. The lowest BCUT2D eigenvalue weighted by molar-refractivity contribution is 0.231. The molecule has 3 heteroatoms. The summed E-state index contributed by atoms with van der Waals surface area (Å²) >= 11 is 0. The Bertz CT molecular complexity index is 136. The third-order valence-corrected chi connectivity index (χ3v) is 2.01. The van der Waals surface area contributed by atoms with Crippen LogP contribution in [-0.4, -0.2) is 11.6 Å². The predicted molar refractivity (Wildman–Crippen MR) is 46.3 cm³/mol. The molecule has 1 atom stereocenters. The average Bonchev–Trinajstić information content (AvgIpc) is 1.87. The van der Waals surface area contributed by atoms with Crippen molar-refractivity contribution in [3.63, 3.8) is 0 Å². The van der Waals surface area contributed by atoms with Crippen LogP contribution in [0.15, 0.2) is 0 Å². The monoisotopic (exact) mass is 158 g/mol. The molecule has 0 bridgehead atoms. The molecule has 0 aromatic heterocycles. The lowest BCUT2D eigenvalue weighted by Gasteiger charge is -2.28. The smallest absolute Gasteiger partial charge is 0.312 e. The first kappa shape index (κ1) is 10.3. The molecule has 0 saturated heterocycles. The maximum absolute atomic E-state index is 10.6. The third-order valence-electron chi connectivity index (χ3n) is 2.01. The van der Waals surface area contributed by atoms with Gasteiger partial charge in [-0.3, -0.25) is 0 Å². The van der Waals surface area contributed by atoms with E-state index in [9.17, 15) is 4.79 Å². The lowest BCUT2D eigenvalue weighted by atomic mass is 9.93. The Kier molecular flexibility index (Phi) is 3.93. The van der Waals surface area contributed by atoms with Crippen LogP contribution in [0, 0.1) is 0 Å². The number of carbonyl (C=O) groups excluding carboxylic acids is 1. The van der Waals surface area contributed by atoms with E-state index in [0.29, 0.717) is 0 Å². The number of amides is 2. The molecule has 0 aliphatic rings. The quantitative estimate of drug-likeness (QED) is 0.641. The van der Waals surface area contributed by atoms with E-state index in [1.54, 1.807) is 0 Å². The molecular weight excluding hydrogens is 140 g/mol. The molecule has 0 aromatic carbocycles. The fraction of sp³-hybridized carbons (Fsp3) is 0.875. The third kappa shape index (κ3) is 3.86. The summed E-state index contributed by atoms with van der Waals surface area (Å²) in [5, 5.41) is 2.75. The van der Waals surface area contributed by atoms with Gasteiger partial charge in [0, 0.05) is 5.54 Å². The second-order valence-electron chi connectivity index (χ2n) is 3.15. The van der Waals surface area contributed by atoms with Crippen LogP contribution in [0.4, 0.5) is 4.79 Å². The Morgan fingerprint density at radius 3 is 2.36 bits per heavy atom. The molecule has 0 saturated carbocycles. The fourth-order valence-corrected chi connectivity index (χ4v) is 1.18. The van der Waals surface area contributed by atoms with Crippen LogP contribution in [0.5, 0.6) is 0 Å². The van der Waals surface area contributed by atoms with Crippen LogP contribution in [-0.2, 0) is 0 Å². The summed E-state index contributed by atoms with van der Waals surface area (Å²) in [6, 6.07) is -0.428. The number of hydrogen-bond donors (Lipinski definition) is 2. The SMILES string of the molecule is CCCC(C)(CC)NC(N)=O. The standard InChI is InChI=1S/C8H18N2O/c1-4-6-8(3,5-2)10-7(9)11/h4-6H2,1-3H3,(H3,9,10,11). The minimum atomic E-state index is -0.428. The van der Waals surface area contributed by atoms with Crippen LogP contribution >= 0.6 is 0 Å². The summed E-state index contributed by atoms with van der Waals surface area (Å²) in [6.45, 7) is 6.16. The second-order valence-corrected chi connectivity index (χ2v) is 3.15. The molecule has 0 fully saturated rings. The maximum atomic E-state index is 10.6. The summed E-state index contributed by atoms with van der Waals surface area (Å²) in [5.41, 5.74) is 4.92. The zero-order valence-electron chi connectivity index (χ0n) is 7.61. The topological polar surface area (TPSA) is 55.1 Å². The van der Waals surface area contributed by atoms with E-state index in [1.807, 2.05) is 13.8 Å². The van der Waals surface area contributed by atoms with Gasteiger partial charge in [0.15, 0.2) is 0 Å². The maximum Gasteiger partial charge on any atom is 0.312 e. The molecule has 2 amide bonds. The first-order chi connectivity index (χ1) is 5.04. The number of nitrogens with two attached hydrogens (primary N) is 1. The highest BCUT2D eigenvalue weighted by atomic mass is 16.2. The average molecular weight is 158 g/mol. The predicted octanol–water partition coefficient (Wildman–Crippen LogP) is 1.62. The van der Waals surface area contributed by atoms with E-state index in [-0.39, 0.29) is 5.54 Å². The molecule has 0 heterocycles. The molecule has 3 nitrogen and oxygen atoms in total. The van der Waals surface area contributed by atoms with Gasteiger partial charge in [-0.15, -0.1) is 0 Å². The molecule has 1 unspecified atom stereocenters. The van der Waals surface area contributed by atoms with Gasteiger partial charge in [0.05, 0.1) is 0 Å². The van der Waals surface area contributed by atoms with E-state index < -0.39 is 6.03 Å². The van der Waals surface area contributed by atoms with Crippen molar-refractivity contribution in [3.05, 3.63) is 0 Å². The molecule has 0 rings (SSSR count). The van der Waals surface area contributed by atoms with Crippen molar-refractivity contribution < 1.29 is 4.79 Å². The summed E-state index contributed by atoms with van der Waals surface area (Å²) in [5.74, 6) is 0. The van der Waals surface area contributed by atoms with Crippen molar-refractivity contribution >= 4 is 6.03 Å². The number of hydrogen-bond acceptors (Lipinski definition) is 1. The molecule has 3 N–H and O–H groups in total. The lowest BCUT2D eigenvalue weighted by Crippen LogP contribution is -2.47. The minimum absolute atomic E-state index is 0.111. The summed E-state index contributed by atoms with van der Waals surface area (Å²) < 4.78 is 0. The van der Waals surface area contributed by atoms with Gasteiger partial charge in [-0.05, 0) is 19.8 Å². The first-order valence-corrected chi connectivity index (χ1v) is 4.11. The molecular formula is C8H18N2O. The van der Waals surface area contributed by atoms with Crippen LogP contribution in [0.1, 0.15) is 40.0 Å². The Balaban J connectivity index is 3.98. The highest BCUT2D eigenvalue weighted by Gasteiger charge is 2.21. The van der Waals surface area contributed by atoms with Gasteiger partial charge < -0.3 is 11.1 Å². The second kappa shape index (κ2) is 4.21. The number of urea groups is 1.